The van der Waals surface area contributed by atoms with Crippen molar-refractivity contribution in [1.29, 1.82) is 0 Å². The first-order chi connectivity index (χ1) is 19.0. The Balaban J connectivity index is 0.00000337. The van der Waals surface area contributed by atoms with E-state index in [2.05, 4.69) is 130 Å². The minimum absolute atomic E-state index is 0. The molecule has 5 heteroatoms. The minimum atomic E-state index is 0. The molecule has 0 aliphatic carbocycles. The third-order valence-electron chi connectivity index (χ3n) is 7.10. The van der Waals surface area contributed by atoms with Gasteiger partial charge in [0, 0.05) is 27.2 Å². The Labute approximate surface area is 261 Å². The zero-order chi connectivity index (χ0) is 28.1. The first-order valence-corrected chi connectivity index (χ1v) is 14.6. The van der Waals surface area contributed by atoms with Crippen LogP contribution in [0.2, 0.25) is 0 Å². The number of hydrogen-bond donors (Lipinski definition) is 0. The third-order valence-corrected chi connectivity index (χ3v) is 8.23. The van der Waals surface area contributed by atoms with Crippen LogP contribution in [0.25, 0.3) is 54.6 Å². The van der Waals surface area contributed by atoms with Crippen molar-refractivity contribution in [3.05, 3.63) is 102 Å². The summed E-state index contributed by atoms with van der Waals surface area (Å²) in [4.78, 5) is 15.3. The van der Waals surface area contributed by atoms with E-state index in [9.17, 15) is 0 Å². The zero-order valence-electron chi connectivity index (χ0n) is 24.3. The predicted octanol–water partition coefficient (Wildman–Crippen LogP) is 9.72. The minimum Gasteiger partial charge on any atom is -0.295 e. The van der Waals surface area contributed by atoms with Gasteiger partial charge in [0.25, 0.3) is 0 Å². The van der Waals surface area contributed by atoms with Crippen molar-refractivity contribution in [2.24, 2.45) is 5.41 Å². The summed E-state index contributed by atoms with van der Waals surface area (Å²) in [5.41, 5.74) is 8.49. The zero-order valence-corrected chi connectivity index (χ0v) is 27.4. The van der Waals surface area contributed by atoms with Gasteiger partial charge in [-0.25, -0.2) is 4.98 Å². The second-order valence-electron chi connectivity index (χ2n) is 12.7. The molecule has 0 saturated heterocycles. The summed E-state index contributed by atoms with van der Waals surface area (Å²) < 4.78 is 1.12. The van der Waals surface area contributed by atoms with Crippen LogP contribution in [0.1, 0.15) is 52.0 Å². The van der Waals surface area contributed by atoms with E-state index < -0.39 is 0 Å². The van der Waals surface area contributed by atoms with Gasteiger partial charge in [-0.2, -0.15) is 0 Å². The molecule has 0 spiro atoms. The summed E-state index contributed by atoms with van der Waals surface area (Å²) in [5, 5.41) is 2.20. The van der Waals surface area contributed by atoms with Crippen LogP contribution in [-0.2, 0) is 32.9 Å². The largest absolute Gasteiger partial charge is 2.00 e. The third kappa shape index (κ3) is 6.20. The molecule has 0 aliphatic heterocycles. The quantitative estimate of drug-likeness (QED) is 0.169. The van der Waals surface area contributed by atoms with Crippen LogP contribution in [0.4, 0.5) is 0 Å². The number of aromatic nitrogens is 3. The van der Waals surface area contributed by atoms with Crippen molar-refractivity contribution in [1.82, 2.24) is 15.0 Å². The van der Waals surface area contributed by atoms with Gasteiger partial charge in [0.15, 0.2) is 0 Å². The van der Waals surface area contributed by atoms with Gasteiger partial charge >= 0.3 is 21.1 Å². The second-order valence-corrected chi connectivity index (χ2v) is 13.8. The molecule has 6 aromatic rings. The van der Waals surface area contributed by atoms with E-state index in [-0.39, 0.29) is 31.9 Å². The fraction of sp³-hybridized carbons (Fsp3) is 0.250. The van der Waals surface area contributed by atoms with Crippen LogP contribution in [0.5, 0.6) is 0 Å². The molecule has 3 aromatic carbocycles. The van der Waals surface area contributed by atoms with E-state index in [1.54, 1.807) is 17.7 Å². The molecule has 0 aliphatic rings. The fourth-order valence-electron chi connectivity index (χ4n) is 5.09. The van der Waals surface area contributed by atoms with Gasteiger partial charge in [-0.3, -0.25) is 9.97 Å². The maximum atomic E-state index is 4.73. The van der Waals surface area contributed by atoms with Crippen molar-refractivity contribution in [2.75, 3.05) is 0 Å². The van der Waals surface area contributed by atoms with Crippen LogP contribution in [-0.4, -0.2) is 15.0 Å². The Bertz CT molecular complexity index is 1860. The Morgan fingerprint density at radius 2 is 1.54 bits per heavy atom. The summed E-state index contributed by atoms with van der Waals surface area (Å²) in [6, 6.07) is 30.9. The molecule has 0 unspecified atom stereocenters. The number of fused-ring (bicyclic) bond motifs is 2. The van der Waals surface area contributed by atoms with Crippen LogP contribution in [0.15, 0.2) is 79.3 Å². The van der Waals surface area contributed by atoms with Crippen molar-refractivity contribution >= 4 is 32.3 Å². The van der Waals surface area contributed by atoms with E-state index in [0.29, 0.717) is 0 Å². The van der Waals surface area contributed by atoms with E-state index in [4.69, 9.17) is 4.98 Å². The number of thiophene rings is 1. The van der Waals surface area contributed by atoms with Crippen LogP contribution in [0, 0.1) is 17.5 Å². The predicted molar refractivity (Wildman–Crippen MR) is 169 cm³/mol. The molecule has 0 radical (unpaired) electrons. The van der Waals surface area contributed by atoms with Gasteiger partial charge < -0.3 is 0 Å². The molecule has 3 heterocycles. The van der Waals surface area contributed by atoms with E-state index in [1.165, 1.54) is 10.4 Å². The van der Waals surface area contributed by atoms with Crippen LogP contribution in [0.3, 0.4) is 0 Å². The molecule has 208 valence electrons. The van der Waals surface area contributed by atoms with Crippen LogP contribution >= 0.6 is 11.3 Å². The monoisotopic (exact) mass is 734 g/mol. The molecule has 0 amide bonds. The molecule has 6 rings (SSSR count). The molecular weight excluding hydrogens is 702 g/mol. The topological polar surface area (TPSA) is 38.7 Å². The van der Waals surface area contributed by atoms with E-state index in [0.717, 1.165) is 61.1 Å². The normalized spacial score (nSPS) is 12.0. The SMILES string of the molecule is CC(C)(C)Cc1cc2ncnc(-c3[c-]c4c(-c5[c-]c(-c6cc(C(C)(C)C)ccn6)ccc5)cccc4cc3)c2s1.[Pt+2]. The first kappa shape index (κ1) is 29.3. The van der Waals surface area contributed by atoms with Crippen molar-refractivity contribution in [3.63, 3.8) is 0 Å². The van der Waals surface area contributed by atoms with Gasteiger partial charge in [-0.15, -0.1) is 64.8 Å². The average molecular weight is 735 g/mol. The summed E-state index contributed by atoms with van der Waals surface area (Å²) in [6.45, 7) is 13.5. The Hall–Kier alpha value is -3.20. The Morgan fingerprint density at radius 1 is 0.756 bits per heavy atom. The maximum absolute atomic E-state index is 4.73. The standard InChI is InChI=1S/C36H33N3S.Pt/c1-35(2,3)21-28-20-32-34(40-28)33(39-22-38-32)26-14-13-23-9-8-12-29(30(23)18-26)24-10-7-11-25(17-24)31-19-27(15-16-37-31)36(4,5)6;/h7-16,19-20,22H,21H2,1-6H3;/q-2;+2. The molecule has 41 heavy (non-hydrogen) atoms. The molecule has 0 fully saturated rings. The number of nitrogens with zero attached hydrogens (tertiary/aromatic N) is 3. The first-order valence-electron chi connectivity index (χ1n) is 13.7. The summed E-state index contributed by atoms with van der Waals surface area (Å²) in [6.07, 6.45) is 4.58. The molecule has 0 atom stereocenters. The van der Waals surface area contributed by atoms with E-state index in [1.807, 2.05) is 6.20 Å². The Morgan fingerprint density at radius 3 is 2.32 bits per heavy atom. The van der Waals surface area contributed by atoms with Crippen LogP contribution < -0.4 is 0 Å². The van der Waals surface area contributed by atoms with Gasteiger partial charge in [-0.05, 0) is 34.9 Å². The molecule has 0 bridgehead atoms. The van der Waals surface area contributed by atoms with Crippen molar-refractivity contribution in [2.45, 2.75) is 53.4 Å². The molecule has 3 nitrogen and oxygen atoms in total. The van der Waals surface area contributed by atoms with Crippen molar-refractivity contribution in [3.8, 4) is 33.6 Å². The fourth-order valence-corrected chi connectivity index (χ4v) is 6.50. The van der Waals surface area contributed by atoms with E-state index >= 15 is 0 Å². The summed E-state index contributed by atoms with van der Waals surface area (Å²) in [7, 11) is 0. The molecule has 0 N–H and O–H groups in total. The smallest absolute Gasteiger partial charge is 0.295 e. The van der Waals surface area contributed by atoms with Gasteiger partial charge in [0.05, 0.1) is 5.52 Å². The van der Waals surface area contributed by atoms with Gasteiger partial charge in [0.2, 0.25) is 0 Å². The Kier molecular flexibility index (Phi) is 8.03. The average Bonchev–Trinajstić information content (AvgIpc) is 3.33. The number of hydrogen-bond acceptors (Lipinski definition) is 4. The van der Waals surface area contributed by atoms with Gasteiger partial charge in [-0.1, -0.05) is 87.9 Å². The molecule has 3 aromatic heterocycles. The molecular formula is C36H33N3PtS. The second kappa shape index (κ2) is 11.2. The number of benzene rings is 3. The van der Waals surface area contributed by atoms with Gasteiger partial charge in [0.1, 0.15) is 6.33 Å². The maximum Gasteiger partial charge on any atom is 2.00 e. The molecule has 0 saturated carbocycles. The van der Waals surface area contributed by atoms with Crippen molar-refractivity contribution < 1.29 is 21.1 Å². The summed E-state index contributed by atoms with van der Waals surface area (Å²) >= 11 is 1.80. The number of pyridine rings is 1. The number of rotatable bonds is 4. The summed E-state index contributed by atoms with van der Waals surface area (Å²) in [5.74, 6) is 0.